The van der Waals surface area contributed by atoms with Crippen molar-refractivity contribution >= 4 is 35.6 Å². The van der Waals surface area contributed by atoms with E-state index >= 15 is 0 Å². The van der Waals surface area contributed by atoms with Crippen LogP contribution in [0.4, 0.5) is 5.69 Å². The highest BCUT2D eigenvalue weighted by molar-refractivity contribution is 6.30. The van der Waals surface area contributed by atoms with Crippen LogP contribution in [0.2, 0.25) is 5.02 Å². The van der Waals surface area contributed by atoms with Crippen molar-refractivity contribution in [1.82, 2.24) is 4.57 Å². The van der Waals surface area contributed by atoms with E-state index in [2.05, 4.69) is 39.4 Å². The molecule has 0 atom stereocenters. The van der Waals surface area contributed by atoms with E-state index in [1.165, 1.54) is 11.4 Å². The number of benzene rings is 2. The Morgan fingerprint density at radius 3 is 2.45 bits per heavy atom. The maximum atomic E-state index is 12.7. The first-order valence-corrected chi connectivity index (χ1v) is 10.0. The molecule has 6 heteroatoms. The number of aryl methyl sites for hydroxylation is 3. The van der Waals surface area contributed by atoms with Gasteiger partial charge in [-0.25, -0.2) is 9.13 Å². The van der Waals surface area contributed by atoms with Crippen molar-refractivity contribution in [3.63, 3.8) is 0 Å². The van der Waals surface area contributed by atoms with Crippen molar-refractivity contribution in [2.24, 2.45) is 4.99 Å². The average molecular weight is 430 g/mol. The zero-order valence-electron chi connectivity index (χ0n) is 16.9. The van der Waals surface area contributed by atoms with Crippen molar-refractivity contribution in [1.29, 1.82) is 0 Å². The standard InChI is InChI=1S/C23H24ClN3O.ClH/c1-15-11-16(2)23(17(3)12-15)25-21(28)14-26-13-20(27-10-4-5-22(26)27)18-6-8-19(24)9-7-18;/h6-9,11-13H,4-5,10,14H2,1-3H3;1H. The molecule has 1 aromatic heterocycles. The van der Waals surface area contributed by atoms with Gasteiger partial charge in [0.2, 0.25) is 0 Å². The van der Waals surface area contributed by atoms with Crippen LogP contribution in [-0.4, -0.2) is 10.5 Å². The van der Waals surface area contributed by atoms with E-state index in [9.17, 15) is 5.11 Å². The molecule has 2 heterocycles. The zero-order valence-corrected chi connectivity index (χ0v) is 18.5. The molecular formula is C23H25Cl2N3O. The van der Waals surface area contributed by atoms with E-state index in [1.54, 1.807) is 0 Å². The summed E-state index contributed by atoms with van der Waals surface area (Å²) in [6.07, 6.45) is 4.14. The van der Waals surface area contributed by atoms with E-state index in [0.29, 0.717) is 0 Å². The molecule has 4 rings (SSSR count). The number of aliphatic imine (C=N–C) groups is 1. The first kappa shape index (κ1) is 21.4. The van der Waals surface area contributed by atoms with Gasteiger partial charge < -0.3 is 5.11 Å². The maximum absolute atomic E-state index is 12.7. The number of hydrogen-bond acceptors (Lipinski definition) is 2. The molecule has 1 aliphatic rings. The van der Waals surface area contributed by atoms with E-state index in [4.69, 9.17) is 11.6 Å². The second-order valence-electron chi connectivity index (χ2n) is 7.57. The van der Waals surface area contributed by atoms with Crippen LogP contribution in [-0.2, 0) is 19.5 Å². The molecule has 0 N–H and O–H groups in total. The quantitative estimate of drug-likeness (QED) is 0.342. The molecule has 152 valence electrons. The zero-order chi connectivity index (χ0) is 19.8. The molecule has 0 saturated heterocycles. The first-order chi connectivity index (χ1) is 13.4. The Morgan fingerprint density at radius 2 is 1.79 bits per heavy atom. The molecule has 3 aromatic rings. The minimum Gasteiger partial charge on any atom is -0.859 e. The Morgan fingerprint density at radius 1 is 1.14 bits per heavy atom. The molecule has 0 amide bonds. The Kier molecular flexibility index (Phi) is 6.35. The first-order valence-electron chi connectivity index (χ1n) is 9.62. The maximum Gasteiger partial charge on any atom is 0.257 e. The smallest absolute Gasteiger partial charge is 0.257 e. The molecular weight excluding hydrogens is 405 g/mol. The molecule has 0 aliphatic carbocycles. The molecule has 0 fully saturated rings. The minimum atomic E-state index is -0.122. The van der Waals surface area contributed by atoms with Crippen molar-refractivity contribution in [3.8, 4) is 11.3 Å². The van der Waals surface area contributed by atoms with Gasteiger partial charge >= 0.3 is 0 Å². The van der Waals surface area contributed by atoms with Crippen molar-refractivity contribution in [3.05, 3.63) is 70.1 Å². The fourth-order valence-electron chi connectivity index (χ4n) is 4.15. The van der Waals surface area contributed by atoms with Crippen molar-refractivity contribution < 1.29 is 9.67 Å². The summed E-state index contributed by atoms with van der Waals surface area (Å²) in [6, 6.07) is 12.0. The van der Waals surface area contributed by atoms with Gasteiger partial charge in [-0.05, 0) is 62.6 Å². The van der Waals surface area contributed by atoms with Crippen LogP contribution in [0.5, 0.6) is 0 Å². The summed E-state index contributed by atoms with van der Waals surface area (Å²) in [7, 11) is 0. The van der Waals surface area contributed by atoms with Gasteiger partial charge in [0.25, 0.3) is 5.82 Å². The highest BCUT2D eigenvalue weighted by Crippen LogP contribution is 2.27. The lowest BCUT2D eigenvalue weighted by molar-refractivity contribution is -0.693. The van der Waals surface area contributed by atoms with Gasteiger partial charge in [-0.2, -0.15) is 0 Å². The van der Waals surface area contributed by atoms with Crippen molar-refractivity contribution in [2.45, 2.75) is 46.7 Å². The fraction of sp³-hybridized carbons (Fsp3) is 0.304. The summed E-state index contributed by atoms with van der Waals surface area (Å²) in [5.74, 6) is 1.06. The number of imidazole rings is 1. The Balaban J connectivity index is 0.00000240. The average Bonchev–Trinajstić information content (AvgIpc) is 3.23. The predicted molar refractivity (Wildman–Crippen MR) is 118 cm³/mol. The highest BCUT2D eigenvalue weighted by Gasteiger charge is 2.28. The van der Waals surface area contributed by atoms with Gasteiger partial charge in [0.1, 0.15) is 12.7 Å². The van der Waals surface area contributed by atoms with E-state index < -0.39 is 0 Å². The number of hydrogen-bond donors (Lipinski definition) is 0. The van der Waals surface area contributed by atoms with Crippen LogP contribution >= 0.6 is 24.0 Å². The van der Waals surface area contributed by atoms with Crippen LogP contribution in [0.3, 0.4) is 0 Å². The van der Waals surface area contributed by atoms with Crippen LogP contribution in [0.15, 0.2) is 47.6 Å². The number of aromatic nitrogens is 2. The van der Waals surface area contributed by atoms with Gasteiger partial charge in [0.15, 0.2) is 5.69 Å². The van der Waals surface area contributed by atoms with Gasteiger partial charge in [0, 0.05) is 16.5 Å². The summed E-state index contributed by atoms with van der Waals surface area (Å²) in [5, 5.41) is 13.5. The van der Waals surface area contributed by atoms with Gasteiger partial charge in [-0.3, -0.25) is 4.99 Å². The van der Waals surface area contributed by atoms with Crippen LogP contribution in [0.25, 0.3) is 11.3 Å². The molecule has 0 radical (unpaired) electrons. The van der Waals surface area contributed by atoms with Gasteiger partial charge in [-0.15, -0.1) is 12.4 Å². The van der Waals surface area contributed by atoms with E-state index in [-0.39, 0.29) is 24.8 Å². The molecule has 0 saturated carbocycles. The Hall–Kier alpha value is -2.30. The van der Waals surface area contributed by atoms with Gasteiger partial charge in [0.05, 0.1) is 18.7 Å². The third-order valence-electron chi connectivity index (χ3n) is 5.31. The summed E-state index contributed by atoms with van der Waals surface area (Å²) < 4.78 is 4.36. The second-order valence-corrected chi connectivity index (χ2v) is 8.01. The minimum absolute atomic E-state index is 0. The monoisotopic (exact) mass is 429 g/mol. The molecule has 1 aliphatic heterocycles. The highest BCUT2D eigenvalue weighted by atomic mass is 35.5. The van der Waals surface area contributed by atoms with Crippen LogP contribution in [0, 0.1) is 20.8 Å². The molecule has 2 aromatic carbocycles. The molecule has 0 bridgehead atoms. The van der Waals surface area contributed by atoms with E-state index in [0.717, 1.165) is 52.5 Å². The lowest BCUT2D eigenvalue weighted by atomic mass is 10.1. The third-order valence-corrected chi connectivity index (χ3v) is 5.56. The molecule has 0 unspecified atom stereocenters. The SMILES string of the molecule is Cc1cc(C)c(N=C([O-])C[n+]2cc(-c3ccc(Cl)cc3)n3c2CCC3)c(C)c1.Cl. The Labute approximate surface area is 182 Å². The topological polar surface area (TPSA) is 44.2 Å². The summed E-state index contributed by atoms with van der Waals surface area (Å²) >= 11 is 6.03. The molecule has 0 spiro atoms. The lowest BCUT2D eigenvalue weighted by Gasteiger charge is -2.12. The number of fused-ring (bicyclic) bond motifs is 1. The number of nitrogens with zero attached hydrogens (tertiary/aromatic N) is 3. The predicted octanol–water partition coefficient (Wildman–Crippen LogP) is 4.48. The fourth-order valence-corrected chi connectivity index (χ4v) is 4.28. The number of rotatable bonds is 4. The van der Waals surface area contributed by atoms with Crippen LogP contribution in [0.1, 0.15) is 28.9 Å². The van der Waals surface area contributed by atoms with Crippen LogP contribution < -0.4 is 9.67 Å². The third kappa shape index (κ3) is 4.34. The summed E-state index contributed by atoms with van der Waals surface area (Å²) in [4.78, 5) is 4.43. The second kappa shape index (κ2) is 8.60. The summed E-state index contributed by atoms with van der Waals surface area (Å²) in [6.45, 7) is 7.31. The molecule has 29 heavy (non-hydrogen) atoms. The largest absolute Gasteiger partial charge is 0.859 e. The molecule has 4 nitrogen and oxygen atoms in total. The number of halogens is 2. The van der Waals surface area contributed by atoms with Gasteiger partial charge in [-0.1, -0.05) is 29.3 Å². The lowest BCUT2D eigenvalue weighted by Crippen LogP contribution is -2.43. The Bertz CT molecular complexity index is 1050. The normalized spacial score (nSPS) is 13.3. The summed E-state index contributed by atoms with van der Waals surface area (Å²) in [5.41, 5.74) is 6.30. The van der Waals surface area contributed by atoms with Crippen molar-refractivity contribution in [2.75, 3.05) is 0 Å². The van der Waals surface area contributed by atoms with E-state index in [1.807, 2.05) is 38.1 Å².